The lowest BCUT2D eigenvalue weighted by Gasteiger charge is -2.29. The largest absolute Gasteiger partial charge is 0.385 e. The van der Waals surface area contributed by atoms with E-state index in [0.717, 1.165) is 16.7 Å². The van der Waals surface area contributed by atoms with Gasteiger partial charge in [-0.3, -0.25) is 0 Å². The Hall–Kier alpha value is -1.67. The fourth-order valence-corrected chi connectivity index (χ4v) is 3.03. The topological polar surface area (TPSA) is 20.2 Å². The molecule has 0 aromatic heterocycles. The van der Waals surface area contributed by atoms with Gasteiger partial charge in [-0.1, -0.05) is 42.8 Å². The summed E-state index contributed by atoms with van der Waals surface area (Å²) in [5.41, 5.74) is 3.82. The van der Waals surface area contributed by atoms with Gasteiger partial charge in [0.05, 0.1) is 5.60 Å². The molecule has 1 N–H and O–H groups in total. The van der Waals surface area contributed by atoms with Crippen LogP contribution in [0.3, 0.4) is 0 Å². The zero-order valence-corrected chi connectivity index (χ0v) is 13.2. The van der Waals surface area contributed by atoms with Crippen LogP contribution in [0.15, 0.2) is 36.4 Å². The van der Waals surface area contributed by atoms with Crippen molar-refractivity contribution < 1.29 is 9.50 Å². The number of aryl methyl sites for hydroxylation is 3. The summed E-state index contributed by atoms with van der Waals surface area (Å²) in [6.07, 6.45) is 0.906. The summed E-state index contributed by atoms with van der Waals surface area (Å²) >= 11 is 0. The lowest BCUT2D eigenvalue weighted by molar-refractivity contribution is 0.0288. The Labute approximate surface area is 126 Å². The summed E-state index contributed by atoms with van der Waals surface area (Å²) < 4.78 is 14.1. The average molecular weight is 286 g/mol. The Morgan fingerprint density at radius 2 is 1.62 bits per heavy atom. The summed E-state index contributed by atoms with van der Waals surface area (Å²) in [7, 11) is 0. The third-order valence-electron chi connectivity index (χ3n) is 4.27. The van der Waals surface area contributed by atoms with E-state index >= 15 is 0 Å². The van der Waals surface area contributed by atoms with Gasteiger partial charge in [0, 0.05) is 12.0 Å². The van der Waals surface area contributed by atoms with E-state index in [4.69, 9.17) is 0 Å². The fraction of sp³-hybridized carbons (Fsp3) is 0.368. The third kappa shape index (κ3) is 3.16. The Bertz CT molecular complexity index is 625. The molecule has 0 heterocycles. The van der Waals surface area contributed by atoms with E-state index in [2.05, 4.69) is 19.1 Å². The molecule has 1 nitrogen and oxygen atoms in total. The first-order valence-electron chi connectivity index (χ1n) is 7.41. The molecule has 0 fully saturated rings. The molecule has 0 bridgehead atoms. The first-order chi connectivity index (χ1) is 9.87. The van der Waals surface area contributed by atoms with Gasteiger partial charge >= 0.3 is 0 Å². The van der Waals surface area contributed by atoms with Crippen LogP contribution in [-0.2, 0) is 12.0 Å². The maximum absolute atomic E-state index is 14.1. The summed E-state index contributed by atoms with van der Waals surface area (Å²) in [6.45, 7) is 8.05. The minimum absolute atomic E-state index is 0.343. The number of halogens is 1. The second-order valence-electron chi connectivity index (χ2n) is 5.92. The van der Waals surface area contributed by atoms with Crippen LogP contribution in [0, 0.1) is 26.6 Å². The number of rotatable bonds is 4. The molecule has 112 valence electrons. The quantitative estimate of drug-likeness (QED) is 0.871. The van der Waals surface area contributed by atoms with Crippen molar-refractivity contribution in [3.8, 4) is 0 Å². The molecule has 0 aliphatic heterocycles. The molecule has 0 saturated carbocycles. The molecule has 2 aromatic carbocycles. The minimum atomic E-state index is -1.17. The average Bonchev–Trinajstić information content (AvgIpc) is 2.43. The monoisotopic (exact) mass is 286 g/mol. The van der Waals surface area contributed by atoms with E-state index in [1.54, 1.807) is 18.2 Å². The molecule has 0 radical (unpaired) electrons. The molecule has 0 amide bonds. The van der Waals surface area contributed by atoms with E-state index in [1.165, 1.54) is 11.6 Å². The number of benzene rings is 2. The smallest absolute Gasteiger partial charge is 0.129 e. The highest BCUT2D eigenvalue weighted by Gasteiger charge is 2.31. The van der Waals surface area contributed by atoms with Crippen molar-refractivity contribution in [1.82, 2.24) is 0 Å². The number of hydrogen-bond donors (Lipinski definition) is 1. The Balaban J connectivity index is 2.47. The van der Waals surface area contributed by atoms with Gasteiger partial charge in [-0.25, -0.2) is 4.39 Å². The molecule has 1 atom stereocenters. The molecule has 0 aliphatic rings. The van der Waals surface area contributed by atoms with Gasteiger partial charge < -0.3 is 5.11 Å². The lowest BCUT2D eigenvalue weighted by Crippen LogP contribution is -2.29. The molecule has 0 aliphatic carbocycles. The lowest BCUT2D eigenvalue weighted by atomic mass is 9.82. The SMILES string of the molecule is CCC(O)(Cc1c(C)cc(C)cc1C)c1ccccc1F. The zero-order chi connectivity index (χ0) is 15.6. The zero-order valence-electron chi connectivity index (χ0n) is 13.2. The molecule has 1 unspecified atom stereocenters. The normalized spacial score (nSPS) is 14.0. The highest BCUT2D eigenvalue weighted by Crippen LogP contribution is 2.33. The van der Waals surface area contributed by atoms with Crippen LogP contribution >= 0.6 is 0 Å². The van der Waals surface area contributed by atoms with Crippen LogP contribution in [-0.4, -0.2) is 5.11 Å². The van der Waals surface area contributed by atoms with Crippen molar-refractivity contribution in [1.29, 1.82) is 0 Å². The van der Waals surface area contributed by atoms with Crippen LogP contribution in [0.5, 0.6) is 0 Å². The number of hydrogen-bond acceptors (Lipinski definition) is 1. The fourth-order valence-electron chi connectivity index (χ4n) is 3.03. The first-order valence-corrected chi connectivity index (χ1v) is 7.41. The maximum atomic E-state index is 14.1. The van der Waals surface area contributed by atoms with Gasteiger partial charge in [-0.15, -0.1) is 0 Å². The van der Waals surface area contributed by atoms with Crippen LogP contribution < -0.4 is 0 Å². The Kier molecular flexibility index (Phi) is 4.48. The molecule has 2 aromatic rings. The predicted molar refractivity (Wildman–Crippen MR) is 84.9 cm³/mol. The molecule has 21 heavy (non-hydrogen) atoms. The summed E-state index contributed by atoms with van der Waals surface area (Å²) in [5, 5.41) is 11.0. The first kappa shape index (κ1) is 15.7. The molecular weight excluding hydrogens is 263 g/mol. The Morgan fingerprint density at radius 1 is 1.05 bits per heavy atom. The highest BCUT2D eigenvalue weighted by atomic mass is 19.1. The van der Waals surface area contributed by atoms with Crippen molar-refractivity contribution in [3.05, 3.63) is 70.0 Å². The van der Waals surface area contributed by atoms with E-state index in [-0.39, 0.29) is 5.82 Å². The highest BCUT2D eigenvalue weighted by molar-refractivity contribution is 5.40. The summed E-state index contributed by atoms with van der Waals surface area (Å²) in [4.78, 5) is 0. The molecule has 2 rings (SSSR count). The molecule has 0 spiro atoms. The second-order valence-corrected chi connectivity index (χ2v) is 5.92. The van der Waals surface area contributed by atoms with Crippen LogP contribution in [0.2, 0.25) is 0 Å². The minimum Gasteiger partial charge on any atom is -0.385 e. The van der Waals surface area contributed by atoms with Gasteiger partial charge in [-0.05, 0) is 49.9 Å². The predicted octanol–water partition coefficient (Wildman–Crippen LogP) is 4.59. The van der Waals surface area contributed by atoms with Gasteiger partial charge in [-0.2, -0.15) is 0 Å². The van der Waals surface area contributed by atoms with Crippen molar-refractivity contribution >= 4 is 0 Å². The van der Waals surface area contributed by atoms with Gasteiger partial charge in [0.25, 0.3) is 0 Å². The van der Waals surface area contributed by atoms with Crippen molar-refractivity contribution in [2.45, 2.75) is 46.1 Å². The third-order valence-corrected chi connectivity index (χ3v) is 4.27. The van der Waals surface area contributed by atoms with Crippen LogP contribution in [0.4, 0.5) is 4.39 Å². The van der Waals surface area contributed by atoms with E-state index in [0.29, 0.717) is 18.4 Å². The van der Waals surface area contributed by atoms with Crippen LogP contribution in [0.25, 0.3) is 0 Å². The van der Waals surface area contributed by atoms with Gasteiger partial charge in [0.15, 0.2) is 0 Å². The van der Waals surface area contributed by atoms with E-state index < -0.39 is 5.60 Å². The standard InChI is InChI=1S/C19H23FO/c1-5-19(21,17-8-6-7-9-18(17)20)12-16-14(3)10-13(2)11-15(16)4/h6-11,21H,5,12H2,1-4H3. The van der Waals surface area contributed by atoms with E-state index in [9.17, 15) is 9.50 Å². The van der Waals surface area contributed by atoms with Crippen molar-refractivity contribution in [2.75, 3.05) is 0 Å². The molecular formula is C19H23FO. The van der Waals surface area contributed by atoms with Gasteiger partial charge in [0.1, 0.15) is 5.82 Å². The Morgan fingerprint density at radius 3 is 2.14 bits per heavy atom. The molecule has 2 heteroatoms. The molecule has 0 saturated heterocycles. The van der Waals surface area contributed by atoms with Crippen molar-refractivity contribution in [2.24, 2.45) is 0 Å². The second kappa shape index (κ2) is 5.98. The van der Waals surface area contributed by atoms with Crippen molar-refractivity contribution in [3.63, 3.8) is 0 Å². The summed E-state index contributed by atoms with van der Waals surface area (Å²) in [6, 6.07) is 10.7. The maximum Gasteiger partial charge on any atom is 0.129 e. The van der Waals surface area contributed by atoms with Gasteiger partial charge in [0.2, 0.25) is 0 Å². The number of aliphatic hydroxyl groups is 1. The summed E-state index contributed by atoms with van der Waals surface area (Å²) in [5.74, 6) is -0.343. The van der Waals surface area contributed by atoms with Crippen LogP contribution in [0.1, 0.15) is 41.2 Å². The van der Waals surface area contributed by atoms with E-state index in [1.807, 2.05) is 20.8 Å².